The van der Waals surface area contributed by atoms with Crippen molar-refractivity contribution in [1.29, 1.82) is 0 Å². The summed E-state index contributed by atoms with van der Waals surface area (Å²) in [7, 11) is 0. The smallest absolute Gasteiger partial charge is 0.157 e. The molecule has 2 aromatic rings. The number of aromatic nitrogens is 3. The maximum absolute atomic E-state index is 5.84. The molecule has 5 heteroatoms. The normalized spacial score (nSPS) is 24.2. The van der Waals surface area contributed by atoms with Crippen molar-refractivity contribution in [1.82, 2.24) is 14.6 Å². The third kappa shape index (κ3) is 2.30. The first kappa shape index (κ1) is 12.4. The fraction of sp³-hybridized carbons (Fsp3) is 0.571. The molecule has 3 N–H and O–H groups in total. The number of hydrogen-bond acceptors (Lipinski definition) is 4. The van der Waals surface area contributed by atoms with Crippen LogP contribution in [0.15, 0.2) is 18.3 Å². The Labute approximate surface area is 113 Å². The average molecular weight is 259 g/mol. The zero-order valence-corrected chi connectivity index (χ0v) is 11.5. The van der Waals surface area contributed by atoms with Crippen molar-refractivity contribution in [3.63, 3.8) is 0 Å². The highest BCUT2D eigenvalue weighted by Gasteiger charge is 2.26. The highest BCUT2D eigenvalue weighted by molar-refractivity contribution is 5.50. The molecule has 2 aromatic heterocycles. The van der Waals surface area contributed by atoms with Gasteiger partial charge in [-0.25, -0.2) is 4.98 Å². The van der Waals surface area contributed by atoms with E-state index >= 15 is 0 Å². The summed E-state index contributed by atoms with van der Waals surface area (Å²) in [5.74, 6) is 1.49. The Bertz CT molecular complexity index is 570. The maximum atomic E-state index is 5.84. The lowest BCUT2D eigenvalue weighted by atomic mass is 9.87. The minimum atomic E-state index is 0.349. The molecule has 1 unspecified atom stereocenters. The zero-order chi connectivity index (χ0) is 13.4. The second kappa shape index (κ2) is 4.81. The van der Waals surface area contributed by atoms with Crippen LogP contribution in [0.4, 0.5) is 5.82 Å². The molecule has 0 bridgehead atoms. The van der Waals surface area contributed by atoms with Crippen LogP contribution in [0.2, 0.25) is 0 Å². The molecule has 0 spiro atoms. The van der Waals surface area contributed by atoms with Crippen molar-refractivity contribution in [2.45, 2.75) is 51.1 Å². The number of nitrogens with one attached hydrogen (secondary N) is 1. The fourth-order valence-corrected chi connectivity index (χ4v) is 2.49. The molecule has 1 atom stereocenters. The topological polar surface area (TPSA) is 68.2 Å². The van der Waals surface area contributed by atoms with Crippen molar-refractivity contribution in [2.24, 2.45) is 5.73 Å². The lowest BCUT2D eigenvalue weighted by molar-refractivity contribution is 0.372. The van der Waals surface area contributed by atoms with Crippen LogP contribution >= 0.6 is 0 Å². The van der Waals surface area contributed by atoms with Crippen LogP contribution in [-0.4, -0.2) is 26.7 Å². The van der Waals surface area contributed by atoms with Gasteiger partial charge < -0.3 is 11.1 Å². The highest BCUT2D eigenvalue weighted by atomic mass is 15.3. The molecule has 5 nitrogen and oxygen atoms in total. The Hall–Kier alpha value is -1.62. The zero-order valence-electron chi connectivity index (χ0n) is 11.5. The predicted molar refractivity (Wildman–Crippen MR) is 76.3 cm³/mol. The Kier molecular flexibility index (Phi) is 3.14. The van der Waals surface area contributed by atoms with Gasteiger partial charge in [0.15, 0.2) is 5.65 Å². The van der Waals surface area contributed by atoms with Crippen molar-refractivity contribution >= 4 is 11.5 Å². The first-order valence-corrected chi connectivity index (χ1v) is 7.04. The van der Waals surface area contributed by atoms with E-state index < -0.39 is 0 Å². The second-order valence-electron chi connectivity index (χ2n) is 5.55. The first-order valence-electron chi connectivity index (χ1n) is 7.04. The summed E-state index contributed by atoms with van der Waals surface area (Å²) < 4.78 is 1.87. The Morgan fingerprint density at radius 3 is 3.00 bits per heavy atom. The second-order valence-corrected chi connectivity index (χ2v) is 5.55. The number of hydrogen-bond donors (Lipinski definition) is 2. The van der Waals surface area contributed by atoms with Crippen LogP contribution in [0.1, 0.15) is 44.7 Å². The molecular formula is C14H21N5. The lowest BCUT2D eigenvalue weighted by Gasteiger charge is -2.33. The SMILES string of the molecule is CCC(C)c1cc(N[C@H]2C[C@@H](N)C2)n2nccc2n1. The van der Waals surface area contributed by atoms with Crippen LogP contribution in [0.3, 0.4) is 0 Å². The van der Waals surface area contributed by atoms with Gasteiger partial charge in [0.25, 0.3) is 0 Å². The molecule has 3 rings (SSSR count). The van der Waals surface area contributed by atoms with Gasteiger partial charge >= 0.3 is 0 Å². The molecule has 1 aliphatic carbocycles. The van der Waals surface area contributed by atoms with Gasteiger partial charge in [0.2, 0.25) is 0 Å². The van der Waals surface area contributed by atoms with Gasteiger partial charge in [0, 0.05) is 29.9 Å². The van der Waals surface area contributed by atoms with E-state index in [9.17, 15) is 0 Å². The molecule has 1 fully saturated rings. The molecule has 102 valence electrons. The lowest BCUT2D eigenvalue weighted by Crippen LogP contribution is -2.44. The Balaban J connectivity index is 1.93. The summed E-state index contributed by atoms with van der Waals surface area (Å²) in [5, 5.41) is 7.87. The van der Waals surface area contributed by atoms with E-state index in [2.05, 4.69) is 35.3 Å². The highest BCUT2D eigenvalue weighted by Crippen LogP contribution is 2.25. The van der Waals surface area contributed by atoms with E-state index in [1.165, 1.54) is 0 Å². The van der Waals surface area contributed by atoms with E-state index in [0.29, 0.717) is 18.0 Å². The number of nitrogens with two attached hydrogens (primary N) is 1. The van der Waals surface area contributed by atoms with Crippen molar-refractivity contribution in [3.8, 4) is 0 Å². The quantitative estimate of drug-likeness (QED) is 0.882. The van der Waals surface area contributed by atoms with Crippen LogP contribution in [-0.2, 0) is 0 Å². The Morgan fingerprint density at radius 1 is 1.53 bits per heavy atom. The van der Waals surface area contributed by atoms with E-state index in [1.54, 1.807) is 6.20 Å². The van der Waals surface area contributed by atoms with Crippen LogP contribution < -0.4 is 11.1 Å². The standard InChI is InChI=1S/C14H21N5/c1-3-9(2)12-8-14(17-11-6-10(15)7-11)19-13(18-12)4-5-16-19/h4-5,8-11,17H,3,6-7,15H2,1-2H3/t9?,10-,11+. The minimum Gasteiger partial charge on any atom is -0.367 e. The predicted octanol–water partition coefficient (Wildman–Crippen LogP) is 2.14. The molecule has 1 saturated carbocycles. The monoisotopic (exact) mass is 259 g/mol. The van der Waals surface area contributed by atoms with Crippen molar-refractivity contribution in [2.75, 3.05) is 5.32 Å². The summed E-state index contributed by atoms with van der Waals surface area (Å²) >= 11 is 0. The van der Waals surface area contributed by atoms with Gasteiger partial charge in [-0.3, -0.25) is 0 Å². The summed E-state index contributed by atoms with van der Waals surface area (Å²) in [6, 6.07) is 4.89. The van der Waals surface area contributed by atoms with Gasteiger partial charge in [0.1, 0.15) is 5.82 Å². The summed E-state index contributed by atoms with van der Waals surface area (Å²) in [6.07, 6.45) is 4.94. The molecule has 2 heterocycles. The number of nitrogens with zero attached hydrogens (tertiary/aromatic N) is 3. The number of rotatable bonds is 4. The molecular weight excluding hydrogens is 238 g/mol. The van der Waals surface area contributed by atoms with Crippen LogP contribution in [0.25, 0.3) is 5.65 Å². The van der Waals surface area contributed by atoms with Gasteiger partial charge in [0.05, 0.1) is 6.20 Å². The summed E-state index contributed by atoms with van der Waals surface area (Å²) in [4.78, 5) is 4.67. The van der Waals surface area contributed by atoms with Gasteiger partial charge in [-0.15, -0.1) is 0 Å². The third-order valence-corrected chi connectivity index (χ3v) is 4.02. The molecule has 0 aromatic carbocycles. The number of anilines is 1. The third-order valence-electron chi connectivity index (χ3n) is 4.02. The molecule has 1 aliphatic rings. The van der Waals surface area contributed by atoms with E-state index in [1.807, 2.05) is 10.6 Å². The molecule has 0 aliphatic heterocycles. The van der Waals surface area contributed by atoms with E-state index in [0.717, 1.165) is 36.4 Å². The van der Waals surface area contributed by atoms with E-state index in [4.69, 9.17) is 5.73 Å². The largest absolute Gasteiger partial charge is 0.367 e. The molecule has 0 amide bonds. The van der Waals surface area contributed by atoms with Crippen LogP contribution in [0, 0.1) is 0 Å². The maximum Gasteiger partial charge on any atom is 0.157 e. The molecule has 0 radical (unpaired) electrons. The van der Waals surface area contributed by atoms with Crippen molar-refractivity contribution < 1.29 is 0 Å². The fourth-order valence-electron chi connectivity index (χ4n) is 2.49. The molecule has 0 saturated heterocycles. The van der Waals surface area contributed by atoms with E-state index in [-0.39, 0.29) is 0 Å². The van der Waals surface area contributed by atoms with Gasteiger partial charge in [-0.2, -0.15) is 9.61 Å². The first-order chi connectivity index (χ1) is 9.17. The summed E-state index contributed by atoms with van der Waals surface area (Å²) in [5.41, 5.74) is 7.87. The average Bonchev–Trinajstić information content (AvgIpc) is 2.84. The number of fused-ring (bicyclic) bond motifs is 1. The molecule has 19 heavy (non-hydrogen) atoms. The van der Waals surface area contributed by atoms with Gasteiger partial charge in [-0.05, 0) is 25.2 Å². The van der Waals surface area contributed by atoms with Crippen molar-refractivity contribution in [3.05, 3.63) is 24.0 Å². The van der Waals surface area contributed by atoms with Crippen LogP contribution in [0.5, 0.6) is 0 Å². The summed E-state index contributed by atoms with van der Waals surface area (Å²) in [6.45, 7) is 4.39. The van der Waals surface area contributed by atoms with Gasteiger partial charge in [-0.1, -0.05) is 13.8 Å². The minimum absolute atomic E-state index is 0.349. The Morgan fingerprint density at radius 2 is 2.32 bits per heavy atom.